The van der Waals surface area contributed by atoms with Crippen molar-refractivity contribution in [3.05, 3.63) is 82.9 Å². The fraction of sp³-hybridized carbons (Fsp3) is 0.240. The maximum absolute atomic E-state index is 14.7. The molecule has 0 heterocycles. The fourth-order valence-electron chi connectivity index (χ4n) is 3.35. The van der Waals surface area contributed by atoms with Crippen molar-refractivity contribution < 1.29 is 31.5 Å². The average Bonchev–Trinajstić information content (AvgIpc) is 2.88. The molecule has 0 unspecified atom stereocenters. The highest BCUT2D eigenvalue weighted by atomic mass is 35.5. The van der Waals surface area contributed by atoms with E-state index in [2.05, 4.69) is 5.32 Å². The van der Waals surface area contributed by atoms with E-state index in [4.69, 9.17) is 21.1 Å². The van der Waals surface area contributed by atoms with Crippen LogP contribution in [0.5, 0.6) is 11.5 Å². The monoisotopic (exact) mass is 570 g/mol. The number of rotatable bonds is 12. The molecule has 198 valence electrons. The maximum Gasteiger partial charge on any atom is 0.265 e. The lowest BCUT2D eigenvalue weighted by Crippen LogP contribution is -2.41. The summed E-state index contributed by atoms with van der Waals surface area (Å²) in [5, 5.41) is 2.94. The predicted molar refractivity (Wildman–Crippen MR) is 141 cm³/mol. The van der Waals surface area contributed by atoms with Crippen molar-refractivity contribution >= 4 is 45.0 Å². The Balaban J connectivity index is 1.73. The molecule has 1 amide bonds. The van der Waals surface area contributed by atoms with Gasteiger partial charge in [-0.1, -0.05) is 29.8 Å². The lowest BCUT2D eigenvalue weighted by atomic mass is 10.2. The molecule has 12 heteroatoms. The SMILES string of the molecule is COc1ccc(S(=O)(=O)N(CC(=O)NCCSCc2c(F)cccc2Cl)c2ccccc2F)cc1OC. The van der Waals surface area contributed by atoms with E-state index in [0.29, 0.717) is 32.1 Å². The van der Waals surface area contributed by atoms with Crippen molar-refractivity contribution in [2.24, 2.45) is 0 Å². The summed E-state index contributed by atoms with van der Waals surface area (Å²) in [6.45, 7) is -0.488. The van der Waals surface area contributed by atoms with Gasteiger partial charge in [0.05, 0.1) is 24.8 Å². The molecule has 0 radical (unpaired) electrons. The van der Waals surface area contributed by atoms with Crippen LogP contribution in [0.3, 0.4) is 0 Å². The number of nitrogens with zero attached hydrogens (tertiary/aromatic N) is 1. The summed E-state index contributed by atoms with van der Waals surface area (Å²) in [6, 6.07) is 13.6. The van der Waals surface area contributed by atoms with Crippen LogP contribution >= 0.6 is 23.4 Å². The van der Waals surface area contributed by atoms with Gasteiger partial charge < -0.3 is 14.8 Å². The summed E-state index contributed by atoms with van der Waals surface area (Å²) in [5.74, 6) is -0.674. The molecule has 7 nitrogen and oxygen atoms in total. The van der Waals surface area contributed by atoms with E-state index >= 15 is 0 Å². The van der Waals surface area contributed by atoms with E-state index in [9.17, 15) is 22.0 Å². The van der Waals surface area contributed by atoms with E-state index in [-0.39, 0.29) is 22.9 Å². The van der Waals surface area contributed by atoms with E-state index in [1.807, 2.05) is 0 Å². The first-order valence-electron chi connectivity index (χ1n) is 11.0. The molecule has 0 aromatic heterocycles. The second-order valence-electron chi connectivity index (χ2n) is 7.58. The first-order chi connectivity index (χ1) is 17.7. The van der Waals surface area contributed by atoms with Crippen LogP contribution in [0.1, 0.15) is 5.56 Å². The molecular weight excluding hydrogens is 546 g/mol. The number of anilines is 1. The van der Waals surface area contributed by atoms with Gasteiger partial charge in [0.25, 0.3) is 10.0 Å². The number of ether oxygens (including phenoxy) is 2. The van der Waals surface area contributed by atoms with Gasteiger partial charge in [0.15, 0.2) is 11.5 Å². The van der Waals surface area contributed by atoms with Crippen molar-refractivity contribution in [1.82, 2.24) is 5.32 Å². The van der Waals surface area contributed by atoms with Crippen molar-refractivity contribution in [2.75, 3.05) is 37.4 Å². The molecule has 0 fully saturated rings. The second-order valence-corrected chi connectivity index (χ2v) is 11.0. The number of carbonyl (C=O) groups excluding carboxylic acids is 1. The zero-order valence-electron chi connectivity index (χ0n) is 20.0. The number of para-hydroxylation sites is 1. The Labute approximate surface area is 223 Å². The molecule has 37 heavy (non-hydrogen) atoms. The lowest BCUT2D eigenvalue weighted by molar-refractivity contribution is -0.119. The molecule has 0 aliphatic rings. The molecule has 0 bridgehead atoms. The summed E-state index contributed by atoms with van der Waals surface area (Å²) < 4.78 is 66.6. The summed E-state index contributed by atoms with van der Waals surface area (Å²) >= 11 is 7.37. The summed E-state index contributed by atoms with van der Waals surface area (Å²) in [6.07, 6.45) is 0. The number of thioether (sulfide) groups is 1. The van der Waals surface area contributed by atoms with Crippen molar-refractivity contribution in [3.63, 3.8) is 0 Å². The van der Waals surface area contributed by atoms with Gasteiger partial charge in [0.2, 0.25) is 5.91 Å². The third kappa shape index (κ3) is 7.06. The highest BCUT2D eigenvalue weighted by Crippen LogP contribution is 2.33. The van der Waals surface area contributed by atoms with Gasteiger partial charge in [-0.3, -0.25) is 9.10 Å². The van der Waals surface area contributed by atoms with Gasteiger partial charge in [0.1, 0.15) is 18.2 Å². The minimum absolute atomic E-state index is 0.161. The Kier molecular flexibility index (Phi) is 10.0. The molecule has 0 saturated heterocycles. The molecule has 0 aliphatic heterocycles. The van der Waals surface area contributed by atoms with Crippen molar-refractivity contribution in [2.45, 2.75) is 10.6 Å². The Morgan fingerprint density at radius 2 is 1.70 bits per heavy atom. The van der Waals surface area contributed by atoms with Crippen LogP contribution in [0.15, 0.2) is 65.6 Å². The normalized spacial score (nSPS) is 11.2. The van der Waals surface area contributed by atoms with E-state index in [0.717, 1.165) is 6.07 Å². The number of sulfonamides is 1. The third-order valence-electron chi connectivity index (χ3n) is 5.23. The highest BCUT2D eigenvalue weighted by Gasteiger charge is 2.30. The summed E-state index contributed by atoms with van der Waals surface area (Å²) in [7, 11) is -1.61. The molecule has 0 spiro atoms. The number of benzene rings is 3. The van der Waals surface area contributed by atoms with Gasteiger partial charge in [-0.25, -0.2) is 17.2 Å². The average molecular weight is 571 g/mol. The fourth-order valence-corrected chi connectivity index (χ4v) is 5.99. The molecule has 1 N–H and O–H groups in total. The van der Waals surface area contributed by atoms with Gasteiger partial charge in [-0.2, -0.15) is 11.8 Å². The molecule has 0 saturated carbocycles. The van der Waals surface area contributed by atoms with E-state index in [1.54, 1.807) is 6.07 Å². The van der Waals surface area contributed by atoms with Crippen LogP contribution in [0.4, 0.5) is 14.5 Å². The number of carbonyl (C=O) groups is 1. The van der Waals surface area contributed by atoms with Crippen LogP contribution in [0, 0.1) is 11.6 Å². The highest BCUT2D eigenvalue weighted by molar-refractivity contribution is 7.98. The van der Waals surface area contributed by atoms with E-state index < -0.39 is 34.1 Å². The largest absolute Gasteiger partial charge is 0.493 e. The smallest absolute Gasteiger partial charge is 0.265 e. The van der Waals surface area contributed by atoms with Crippen LogP contribution in [0.2, 0.25) is 5.02 Å². The Hall–Kier alpha value is -3.02. The van der Waals surface area contributed by atoms with Crippen LogP contribution in [-0.4, -0.2) is 47.4 Å². The molecule has 3 aromatic rings. The molecule has 0 atom stereocenters. The number of halogens is 3. The summed E-state index contributed by atoms with van der Waals surface area (Å²) in [4.78, 5) is 12.5. The Morgan fingerprint density at radius 3 is 2.38 bits per heavy atom. The Bertz CT molecular complexity index is 1340. The molecule has 3 aromatic carbocycles. The standard InChI is InChI=1S/C25H25ClF2N2O5S2/c1-34-23-11-10-17(14-24(23)35-2)37(32,33)30(22-9-4-3-7-21(22)28)15-25(31)29-12-13-36-16-18-19(26)6-5-8-20(18)27/h3-11,14H,12-13,15-16H2,1-2H3,(H,29,31). The first-order valence-corrected chi connectivity index (χ1v) is 13.9. The van der Waals surface area contributed by atoms with Crippen molar-refractivity contribution in [1.29, 1.82) is 0 Å². The number of amides is 1. The lowest BCUT2D eigenvalue weighted by Gasteiger charge is -2.25. The third-order valence-corrected chi connectivity index (χ3v) is 8.32. The number of methoxy groups -OCH3 is 2. The predicted octanol–water partition coefficient (Wildman–Crippen LogP) is 4.88. The summed E-state index contributed by atoms with van der Waals surface area (Å²) in [5.41, 5.74) is 0.0863. The van der Waals surface area contributed by atoms with Crippen LogP contribution in [-0.2, 0) is 20.6 Å². The van der Waals surface area contributed by atoms with Crippen LogP contribution < -0.4 is 19.1 Å². The van der Waals surface area contributed by atoms with Gasteiger partial charge in [-0.05, 0) is 36.4 Å². The minimum atomic E-state index is -4.37. The quantitative estimate of drug-likeness (QED) is 0.312. The molecule has 0 aliphatic carbocycles. The first kappa shape index (κ1) is 28.5. The molecule has 3 rings (SSSR count). The molecular formula is C25H25ClF2N2O5S2. The number of hydrogen-bond acceptors (Lipinski definition) is 6. The van der Waals surface area contributed by atoms with Gasteiger partial charge in [-0.15, -0.1) is 0 Å². The number of nitrogens with one attached hydrogen (secondary N) is 1. The van der Waals surface area contributed by atoms with Crippen molar-refractivity contribution in [3.8, 4) is 11.5 Å². The number of hydrogen-bond donors (Lipinski definition) is 1. The van der Waals surface area contributed by atoms with Crippen LogP contribution in [0.25, 0.3) is 0 Å². The van der Waals surface area contributed by atoms with E-state index in [1.165, 1.54) is 74.5 Å². The zero-order valence-corrected chi connectivity index (χ0v) is 22.4. The maximum atomic E-state index is 14.7. The van der Waals surface area contributed by atoms with Gasteiger partial charge >= 0.3 is 0 Å². The zero-order chi connectivity index (χ0) is 27.0. The van der Waals surface area contributed by atoms with Gasteiger partial charge in [0, 0.05) is 34.7 Å². The topological polar surface area (TPSA) is 84.9 Å². The second kappa shape index (κ2) is 13.0. The minimum Gasteiger partial charge on any atom is -0.493 e. The Morgan fingerprint density at radius 1 is 1.00 bits per heavy atom.